The number of likely N-dealkylation sites (tertiary alicyclic amines) is 1. The zero-order chi connectivity index (χ0) is 18.7. The summed E-state index contributed by atoms with van der Waals surface area (Å²) < 4.78 is 5.55. The Hall–Kier alpha value is -1.30. The van der Waals surface area contributed by atoms with Gasteiger partial charge in [0, 0.05) is 19.1 Å². The molecule has 6 nitrogen and oxygen atoms in total. The molecule has 140 valence electrons. The van der Waals surface area contributed by atoms with Crippen LogP contribution in [0.25, 0.3) is 0 Å². The van der Waals surface area contributed by atoms with E-state index >= 15 is 0 Å². The molecule has 0 aromatic rings. The molecule has 0 aromatic carbocycles. The van der Waals surface area contributed by atoms with Crippen molar-refractivity contribution in [2.45, 2.75) is 85.0 Å². The molecule has 2 atom stereocenters. The van der Waals surface area contributed by atoms with Crippen LogP contribution in [0.2, 0.25) is 0 Å². The molecule has 0 saturated carbocycles. The molecule has 1 saturated heterocycles. The molecule has 2 amide bonds. The maximum Gasteiger partial charge on any atom is 0.410 e. The van der Waals surface area contributed by atoms with Crippen LogP contribution >= 0.6 is 0 Å². The van der Waals surface area contributed by atoms with Gasteiger partial charge >= 0.3 is 6.09 Å². The summed E-state index contributed by atoms with van der Waals surface area (Å²) in [7, 11) is 0. The largest absolute Gasteiger partial charge is 0.444 e. The van der Waals surface area contributed by atoms with Gasteiger partial charge in [0.15, 0.2) is 0 Å². The number of carbonyl (C=O) groups is 2. The Morgan fingerprint density at radius 1 is 1.21 bits per heavy atom. The maximum absolute atomic E-state index is 12.6. The van der Waals surface area contributed by atoms with Gasteiger partial charge in [-0.2, -0.15) is 0 Å². The van der Waals surface area contributed by atoms with Gasteiger partial charge in [0.05, 0.1) is 12.1 Å². The lowest BCUT2D eigenvalue weighted by Crippen LogP contribution is -2.57. The number of carbonyl (C=O) groups excluding carboxylic acids is 2. The van der Waals surface area contributed by atoms with Gasteiger partial charge in [-0.25, -0.2) is 4.79 Å². The van der Waals surface area contributed by atoms with E-state index in [4.69, 9.17) is 10.5 Å². The number of nitrogens with zero attached hydrogens (tertiary/aromatic N) is 2. The average molecular weight is 341 g/mol. The minimum atomic E-state index is -0.533. The van der Waals surface area contributed by atoms with Crippen molar-refractivity contribution in [3.05, 3.63) is 0 Å². The third-order valence-corrected chi connectivity index (χ3v) is 4.27. The van der Waals surface area contributed by atoms with Crippen LogP contribution in [0.15, 0.2) is 0 Å². The van der Waals surface area contributed by atoms with E-state index < -0.39 is 11.6 Å². The molecule has 2 N–H and O–H groups in total. The number of amides is 2. The predicted octanol–water partition coefficient (Wildman–Crippen LogP) is 2.61. The van der Waals surface area contributed by atoms with Crippen LogP contribution in [0.5, 0.6) is 0 Å². The van der Waals surface area contributed by atoms with Crippen molar-refractivity contribution in [3.63, 3.8) is 0 Å². The fraction of sp³-hybridized carbons (Fsp3) is 0.889. The lowest BCUT2D eigenvalue weighted by molar-refractivity contribution is -0.136. The first kappa shape index (κ1) is 20.7. The fourth-order valence-electron chi connectivity index (χ4n) is 2.97. The van der Waals surface area contributed by atoms with Gasteiger partial charge in [0.1, 0.15) is 5.60 Å². The van der Waals surface area contributed by atoms with E-state index in [0.717, 1.165) is 12.8 Å². The normalized spacial score (nSPS) is 20.2. The lowest BCUT2D eigenvalue weighted by Gasteiger charge is -2.42. The van der Waals surface area contributed by atoms with E-state index in [0.29, 0.717) is 13.1 Å². The smallest absolute Gasteiger partial charge is 0.410 e. The van der Waals surface area contributed by atoms with Gasteiger partial charge in [-0.1, -0.05) is 13.8 Å². The van der Waals surface area contributed by atoms with Gasteiger partial charge < -0.3 is 20.3 Å². The number of hydrogen-bond donors (Lipinski definition) is 1. The lowest BCUT2D eigenvalue weighted by atomic mass is 9.99. The Morgan fingerprint density at radius 2 is 1.79 bits per heavy atom. The molecule has 24 heavy (non-hydrogen) atoms. The summed E-state index contributed by atoms with van der Waals surface area (Å²) >= 11 is 0. The standard InChI is InChI=1S/C18H35N3O3/c1-12(2)15(19)16(22)20-10-8-9-14(11-20)21(13(3)4)17(23)24-18(5,6)7/h12-15H,8-11,19H2,1-7H3/t14-,15+/m1/s1. The molecular weight excluding hydrogens is 306 g/mol. The van der Waals surface area contributed by atoms with Crippen molar-refractivity contribution in [1.82, 2.24) is 9.80 Å². The summed E-state index contributed by atoms with van der Waals surface area (Å²) in [6.07, 6.45) is 1.43. The molecule has 0 bridgehead atoms. The van der Waals surface area contributed by atoms with Gasteiger partial charge in [0.2, 0.25) is 5.91 Å². The Balaban J connectivity index is 2.85. The summed E-state index contributed by atoms with van der Waals surface area (Å²) in [6, 6.07) is -0.506. The van der Waals surface area contributed by atoms with Crippen molar-refractivity contribution in [2.24, 2.45) is 11.7 Å². The molecule has 0 aromatic heterocycles. The number of hydrogen-bond acceptors (Lipinski definition) is 4. The molecule has 6 heteroatoms. The Bertz CT molecular complexity index is 443. The molecule has 1 rings (SSSR count). The van der Waals surface area contributed by atoms with Crippen molar-refractivity contribution in [3.8, 4) is 0 Å². The molecule has 1 aliphatic heterocycles. The highest BCUT2D eigenvalue weighted by Gasteiger charge is 2.35. The maximum atomic E-state index is 12.6. The second-order valence-corrected chi connectivity index (χ2v) is 8.33. The third-order valence-electron chi connectivity index (χ3n) is 4.27. The molecular formula is C18H35N3O3. The second kappa shape index (κ2) is 8.19. The van der Waals surface area contributed by atoms with E-state index in [1.807, 2.05) is 48.5 Å². The quantitative estimate of drug-likeness (QED) is 0.853. The van der Waals surface area contributed by atoms with Crippen LogP contribution in [0, 0.1) is 5.92 Å². The SMILES string of the molecule is CC(C)[C@H](N)C(=O)N1CCC[C@@H](N(C(=O)OC(C)(C)C)C(C)C)C1. The first-order chi connectivity index (χ1) is 10.9. The molecule has 0 spiro atoms. The van der Waals surface area contributed by atoms with Crippen molar-refractivity contribution in [2.75, 3.05) is 13.1 Å². The van der Waals surface area contributed by atoms with Gasteiger partial charge in [0.25, 0.3) is 0 Å². The zero-order valence-electron chi connectivity index (χ0n) is 16.3. The van der Waals surface area contributed by atoms with Crippen LogP contribution in [0.3, 0.4) is 0 Å². The van der Waals surface area contributed by atoms with Crippen LogP contribution in [-0.2, 0) is 9.53 Å². The Labute approximate surface area is 146 Å². The molecule has 0 aliphatic carbocycles. The first-order valence-corrected chi connectivity index (χ1v) is 8.99. The zero-order valence-corrected chi connectivity index (χ0v) is 16.3. The van der Waals surface area contributed by atoms with Crippen LogP contribution in [0.4, 0.5) is 4.79 Å². The second-order valence-electron chi connectivity index (χ2n) is 8.33. The topological polar surface area (TPSA) is 75.9 Å². The van der Waals surface area contributed by atoms with Crippen molar-refractivity contribution in [1.29, 1.82) is 0 Å². The summed E-state index contributed by atoms with van der Waals surface area (Å²) in [4.78, 5) is 28.7. The summed E-state index contributed by atoms with van der Waals surface area (Å²) in [5.74, 6) is 0.0764. The fourth-order valence-corrected chi connectivity index (χ4v) is 2.97. The highest BCUT2D eigenvalue weighted by molar-refractivity contribution is 5.82. The highest BCUT2D eigenvalue weighted by Crippen LogP contribution is 2.22. The van der Waals surface area contributed by atoms with Crippen molar-refractivity contribution < 1.29 is 14.3 Å². The summed E-state index contributed by atoms with van der Waals surface area (Å²) in [6.45, 7) is 14.7. The Morgan fingerprint density at radius 3 is 2.25 bits per heavy atom. The Kier molecular flexibility index (Phi) is 7.08. The minimum absolute atomic E-state index is 0.0127. The predicted molar refractivity (Wildman–Crippen MR) is 95.6 cm³/mol. The molecule has 1 fully saturated rings. The van der Waals surface area contributed by atoms with E-state index in [9.17, 15) is 9.59 Å². The molecule has 0 radical (unpaired) electrons. The van der Waals surface area contributed by atoms with Gasteiger partial charge in [-0.3, -0.25) is 4.79 Å². The first-order valence-electron chi connectivity index (χ1n) is 8.99. The molecule has 1 aliphatic rings. The summed E-state index contributed by atoms with van der Waals surface area (Å²) in [5, 5.41) is 0. The molecule has 1 heterocycles. The minimum Gasteiger partial charge on any atom is -0.444 e. The number of rotatable bonds is 4. The van der Waals surface area contributed by atoms with E-state index in [2.05, 4.69) is 0 Å². The van der Waals surface area contributed by atoms with Crippen LogP contribution < -0.4 is 5.73 Å². The van der Waals surface area contributed by atoms with Crippen LogP contribution in [-0.4, -0.2) is 58.6 Å². The van der Waals surface area contributed by atoms with Crippen molar-refractivity contribution >= 4 is 12.0 Å². The number of piperidine rings is 1. The monoisotopic (exact) mass is 341 g/mol. The van der Waals surface area contributed by atoms with E-state index in [-0.39, 0.29) is 30.0 Å². The van der Waals surface area contributed by atoms with Gasteiger partial charge in [-0.05, 0) is 53.4 Å². The molecule has 0 unspecified atom stereocenters. The van der Waals surface area contributed by atoms with Gasteiger partial charge in [-0.15, -0.1) is 0 Å². The third kappa shape index (κ3) is 5.65. The van der Waals surface area contributed by atoms with E-state index in [1.54, 1.807) is 9.80 Å². The number of ether oxygens (including phenoxy) is 1. The number of nitrogens with two attached hydrogens (primary N) is 1. The highest BCUT2D eigenvalue weighted by atomic mass is 16.6. The summed E-state index contributed by atoms with van der Waals surface area (Å²) in [5.41, 5.74) is 5.49. The average Bonchev–Trinajstić information content (AvgIpc) is 2.43. The van der Waals surface area contributed by atoms with Crippen LogP contribution in [0.1, 0.15) is 61.3 Å². The van der Waals surface area contributed by atoms with E-state index in [1.165, 1.54) is 0 Å².